The van der Waals surface area contributed by atoms with Gasteiger partial charge in [-0.25, -0.2) is 4.79 Å². The molecular weight excluding hydrogens is 410 g/mol. The van der Waals surface area contributed by atoms with E-state index in [2.05, 4.69) is 16.0 Å². The fraction of sp³-hybridized carbons (Fsp3) is 0.286. The van der Waals surface area contributed by atoms with Crippen LogP contribution in [0, 0.1) is 5.92 Å². The molecule has 2 aromatic carbocycles. The number of hydrogen-bond acceptors (Lipinski definition) is 4. The van der Waals surface area contributed by atoms with E-state index in [0.717, 1.165) is 12.8 Å². The molecule has 1 fully saturated rings. The van der Waals surface area contributed by atoms with Gasteiger partial charge in [0.2, 0.25) is 0 Å². The molecule has 9 heteroatoms. The molecule has 156 valence electrons. The standard InChI is InChI=1S/C21H20ClN3O5/c22-16-8-11(24-21(30)23-10-4-5-10)6-7-13(16)19(27)25-18-12-2-1-3-17(26)14(12)9-15(18)20(28)29/h1-3,6-8,10,15,18,26H,4-5,9H2,(H,25,27)(H,28,29)(H2,23,24,30)/t15-,18+/m0/s1. The summed E-state index contributed by atoms with van der Waals surface area (Å²) in [6, 6.07) is 8.35. The first-order valence-corrected chi connectivity index (χ1v) is 9.92. The Hall–Kier alpha value is -3.26. The highest BCUT2D eigenvalue weighted by Gasteiger charge is 2.39. The number of rotatable bonds is 5. The van der Waals surface area contributed by atoms with Crippen LogP contribution in [0.1, 0.15) is 40.4 Å². The highest BCUT2D eigenvalue weighted by atomic mass is 35.5. The zero-order valence-electron chi connectivity index (χ0n) is 15.8. The number of halogens is 1. The van der Waals surface area contributed by atoms with E-state index in [9.17, 15) is 24.6 Å². The lowest BCUT2D eigenvalue weighted by molar-refractivity contribution is -0.142. The average molecular weight is 430 g/mol. The molecule has 0 spiro atoms. The smallest absolute Gasteiger partial charge is 0.319 e. The van der Waals surface area contributed by atoms with Crippen molar-refractivity contribution >= 4 is 35.2 Å². The summed E-state index contributed by atoms with van der Waals surface area (Å²) in [4.78, 5) is 36.4. The Bertz CT molecular complexity index is 1040. The summed E-state index contributed by atoms with van der Waals surface area (Å²) in [6.07, 6.45) is 2.05. The van der Waals surface area contributed by atoms with Crippen LogP contribution in [0.4, 0.5) is 10.5 Å². The Morgan fingerprint density at radius 1 is 1.07 bits per heavy atom. The van der Waals surface area contributed by atoms with Crippen molar-refractivity contribution in [1.82, 2.24) is 10.6 Å². The Morgan fingerprint density at radius 3 is 2.50 bits per heavy atom. The molecule has 2 aliphatic carbocycles. The van der Waals surface area contributed by atoms with Crippen LogP contribution in [0.15, 0.2) is 36.4 Å². The predicted octanol–water partition coefficient (Wildman–Crippen LogP) is 3.06. The maximum Gasteiger partial charge on any atom is 0.319 e. The maximum atomic E-state index is 12.8. The molecule has 2 aromatic rings. The fourth-order valence-corrected chi connectivity index (χ4v) is 3.91. The van der Waals surface area contributed by atoms with Crippen LogP contribution >= 0.6 is 11.6 Å². The number of carboxylic acids is 1. The number of carbonyl (C=O) groups is 3. The normalized spacial score (nSPS) is 19.6. The monoisotopic (exact) mass is 429 g/mol. The van der Waals surface area contributed by atoms with E-state index in [-0.39, 0.29) is 34.8 Å². The number of benzene rings is 2. The van der Waals surface area contributed by atoms with Gasteiger partial charge in [0.25, 0.3) is 5.91 Å². The van der Waals surface area contributed by atoms with E-state index in [0.29, 0.717) is 16.8 Å². The van der Waals surface area contributed by atoms with Gasteiger partial charge in [0.05, 0.1) is 22.5 Å². The van der Waals surface area contributed by atoms with E-state index >= 15 is 0 Å². The van der Waals surface area contributed by atoms with Gasteiger partial charge >= 0.3 is 12.0 Å². The van der Waals surface area contributed by atoms with Crippen molar-refractivity contribution in [1.29, 1.82) is 0 Å². The number of anilines is 1. The van der Waals surface area contributed by atoms with Gasteiger partial charge in [0, 0.05) is 17.3 Å². The summed E-state index contributed by atoms with van der Waals surface area (Å²) < 4.78 is 0. The molecule has 0 radical (unpaired) electrons. The zero-order chi connectivity index (χ0) is 21.4. The van der Waals surface area contributed by atoms with Crippen molar-refractivity contribution in [3.8, 4) is 5.75 Å². The highest BCUT2D eigenvalue weighted by Crippen LogP contribution is 2.40. The number of hydrogen-bond donors (Lipinski definition) is 5. The number of urea groups is 1. The van der Waals surface area contributed by atoms with Crippen molar-refractivity contribution in [2.45, 2.75) is 31.3 Å². The molecule has 0 heterocycles. The van der Waals surface area contributed by atoms with Crippen LogP contribution in [0.2, 0.25) is 5.02 Å². The van der Waals surface area contributed by atoms with Crippen LogP contribution in [0.25, 0.3) is 0 Å². The topological polar surface area (TPSA) is 128 Å². The predicted molar refractivity (Wildman–Crippen MR) is 110 cm³/mol. The van der Waals surface area contributed by atoms with E-state index in [4.69, 9.17) is 11.6 Å². The second-order valence-corrected chi connectivity index (χ2v) is 7.92. The number of fused-ring (bicyclic) bond motifs is 1. The van der Waals surface area contributed by atoms with E-state index < -0.39 is 23.8 Å². The average Bonchev–Trinajstić information content (AvgIpc) is 3.41. The van der Waals surface area contributed by atoms with Crippen LogP contribution < -0.4 is 16.0 Å². The van der Waals surface area contributed by atoms with Gasteiger partial charge in [-0.1, -0.05) is 23.7 Å². The van der Waals surface area contributed by atoms with Gasteiger partial charge in [0.1, 0.15) is 5.75 Å². The molecule has 0 bridgehead atoms. The van der Waals surface area contributed by atoms with Gasteiger partial charge in [-0.3, -0.25) is 9.59 Å². The summed E-state index contributed by atoms with van der Waals surface area (Å²) in [5.74, 6) is -2.50. The molecule has 0 aliphatic heterocycles. The second-order valence-electron chi connectivity index (χ2n) is 7.51. The summed E-state index contributed by atoms with van der Waals surface area (Å²) >= 11 is 6.25. The molecule has 5 N–H and O–H groups in total. The lowest BCUT2D eigenvalue weighted by atomic mass is 10.00. The van der Waals surface area contributed by atoms with Crippen LogP contribution in [0.3, 0.4) is 0 Å². The number of amides is 3. The minimum Gasteiger partial charge on any atom is -0.508 e. The first-order valence-electron chi connectivity index (χ1n) is 9.55. The number of nitrogens with one attached hydrogen (secondary N) is 3. The molecule has 0 aromatic heterocycles. The molecule has 30 heavy (non-hydrogen) atoms. The number of carbonyl (C=O) groups excluding carboxylic acids is 2. The molecule has 0 saturated heterocycles. The number of aliphatic carboxylic acids is 1. The van der Waals surface area contributed by atoms with Gasteiger partial charge in [-0.2, -0.15) is 0 Å². The van der Waals surface area contributed by atoms with Crippen molar-refractivity contribution in [3.05, 3.63) is 58.1 Å². The van der Waals surface area contributed by atoms with E-state index in [1.807, 2.05) is 0 Å². The summed E-state index contributed by atoms with van der Waals surface area (Å²) in [7, 11) is 0. The number of aromatic hydroxyl groups is 1. The summed E-state index contributed by atoms with van der Waals surface area (Å²) in [5, 5.41) is 27.9. The minimum atomic E-state index is -1.07. The SMILES string of the molecule is O=C(Nc1ccc(C(=O)N[C@@H]2c3cccc(O)c3C[C@@H]2C(=O)O)c(Cl)c1)NC1CC1. The second kappa shape index (κ2) is 7.87. The molecule has 8 nitrogen and oxygen atoms in total. The van der Waals surface area contributed by atoms with Gasteiger partial charge in [-0.05, 0) is 49.1 Å². The van der Waals surface area contributed by atoms with Crippen molar-refractivity contribution in [2.24, 2.45) is 5.92 Å². The Morgan fingerprint density at radius 2 is 1.83 bits per heavy atom. The van der Waals surface area contributed by atoms with Gasteiger partial charge in [-0.15, -0.1) is 0 Å². The van der Waals surface area contributed by atoms with Gasteiger partial charge in [0.15, 0.2) is 0 Å². The van der Waals surface area contributed by atoms with Gasteiger partial charge < -0.3 is 26.2 Å². The largest absolute Gasteiger partial charge is 0.508 e. The molecule has 4 rings (SSSR count). The van der Waals surface area contributed by atoms with E-state index in [1.54, 1.807) is 18.2 Å². The third-order valence-corrected chi connectivity index (χ3v) is 5.65. The number of phenols is 1. The quantitative estimate of drug-likeness (QED) is 0.499. The van der Waals surface area contributed by atoms with Crippen molar-refractivity contribution in [3.63, 3.8) is 0 Å². The van der Waals surface area contributed by atoms with E-state index in [1.165, 1.54) is 18.2 Å². The third-order valence-electron chi connectivity index (χ3n) is 5.34. The number of carboxylic acid groups (broad SMARTS) is 1. The molecular formula is C21H20ClN3O5. The summed E-state index contributed by atoms with van der Waals surface area (Å²) in [6.45, 7) is 0. The van der Waals surface area contributed by atoms with Crippen molar-refractivity contribution in [2.75, 3.05) is 5.32 Å². The minimum absolute atomic E-state index is 0.00781. The lowest BCUT2D eigenvalue weighted by Crippen LogP contribution is -2.34. The molecule has 3 amide bonds. The Labute approximate surface area is 177 Å². The Kier molecular flexibility index (Phi) is 5.26. The third kappa shape index (κ3) is 4.04. The van der Waals surface area contributed by atoms with Crippen molar-refractivity contribution < 1.29 is 24.6 Å². The summed E-state index contributed by atoms with van der Waals surface area (Å²) in [5.41, 5.74) is 1.68. The zero-order valence-corrected chi connectivity index (χ0v) is 16.6. The molecule has 1 saturated carbocycles. The Balaban J connectivity index is 1.51. The first kappa shape index (κ1) is 20.0. The lowest BCUT2D eigenvalue weighted by Gasteiger charge is -2.19. The molecule has 2 atom stereocenters. The highest BCUT2D eigenvalue weighted by molar-refractivity contribution is 6.34. The maximum absolute atomic E-state index is 12.8. The van der Waals surface area contributed by atoms with Crippen LogP contribution in [-0.2, 0) is 11.2 Å². The van der Waals surface area contributed by atoms with Crippen LogP contribution in [0.5, 0.6) is 5.75 Å². The fourth-order valence-electron chi connectivity index (χ4n) is 3.64. The molecule has 2 aliphatic rings. The number of phenolic OH excluding ortho intramolecular Hbond substituents is 1. The molecule has 0 unspecified atom stereocenters. The first-order chi connectivity index (χ1) is 14.3. The van der Waals surface area contributed by atoms with Crippen LogP contribution in [-0.4, -0.2) is 34.2 Å².